The second-order valence-corrected chi connectivity index (χ2v) is 3.97. The fraction of sp³-hybridized carbons (Fsp3) is 0.500. The van der Waals surface area contributed by atoms with Gasteiger partial charge in [-0.2, -0.15) is 0 Å². The Morgan fingerprint density at radius 3 is 2.91 bits per heavy atom. The number of hydrogen-bond donors (Lipinski definition) is 0. The molecule has 0 saturated carbocycles. The van der Waals surface area contributed by atoms with Crippen LogP contribution in [0.2, 0.25) is 0 Å². The van der Waals surface area contributed by atoms with Gasteiger partial charge < -0.3 is 0 Å². The average Bonchev–Trinajstić information content (AvgIpc) is 2.05. The second kappa shape index (κ2) is 3.83. The van der Waals surface area contributed by atoms with Gasteiger partial charge in [0.2, 0.25) is 0 Å². The van der Waals surface area contributed by atoms with Gasteiger partial charge in [0, 0.05) is 0 Å². The Labute approximate surface area is 69.6 Å². The summed E-state index contributed by atoms with van der Waals surface area (Å²) < 4.78 is 15.8. The Morgan fingerprint density at radius 1 is 1.73 bits per heavy atom. The van der Waals surface area contributed by atoms with E-state index in [1.165, 1.54) is 12.7 Å². The second-order valence-electron chi connectivity index (χ2n) is 2.51. The van der Waals surface area contributed by atoms with Crippen LogP contribution in [0.15, 0.2) is 23.8 Å². The van der Waals surface area contributed by atoms with Crippen molar-refractivity contribution < 1.29 is 8.39 Å². The molecule has 0 fully saturated rings. The van der Waals surface area contributed by atoms with Crippen LogP contribution in [0.3, 0.4) is 0 Å². The normalized spacial score (nSPS) is 26.4. The number of rotatable bonds is 2. The van der Waals surface area contributed by atoms with Gasteiger partial charge in [0.15, 0.2) is 11.1 Å². The molecule has 0 radical (unpaired) electrons. The van der Waals surface area contributed by atoms with E-state index in [1.807, 2.05) is 19.1 Å². The maximum Gasteiger partial charge on any atom is 0.162 e. The van der Waals surface area contributed by atoms with Crippen LogP contribution >= 0.6 is 0 Å². The van der Waals surface area contributed by atoms with Gasteiger partial charge in [0.05, 0.1) is 12.4 Å². The summed E-state index contributed by atoms with van der Waals surface area (Å²) in [5, 5.41) is 0.0451. The molecule has 0 amide bonds. The lowest BCUT2D eigenvalue weighted by Crippen LogP contribution is -2.14. The topological polar surface area (TPSA) is 26.3 Å². The fourth-order valence-corrected chi connectivity index (χ4v) is 1.68. The van der Waals surface area contributed by atoms with Crippen molar-refractivity contribution in [3.8, 4) is 0 Å². The highest BCUT2D eigenvalue weighted by Gasteiger charge is 2.13. The molecule has 2 atom stereocenters. The quantitative estimate of drug-likeness (QED) is 0.632. The highest BCUT2D eigenvalue weighted by molar-refractivity contribution is 7.81. The third-order valence-electron chi connectivity index (χ3n) is 1.66. The molecule has 0 saturated heterocycles. The summed E-state index contributed by atoms with van der Waals surface area (Å²) in [6.45, 7) is 2.03. The first-order chi connectivity index (χ1) is 5.24. The van der Waals surface area contributed by atoms with Gasteiger partial charge in [-0.15, -0.1) is 0 Å². The maximum atomic E-state index is 11.1. The van der Waals surface area contributed by atoms with E-state index in [0.29, 0.717) is 0 Å². The first-order valence-electron chi connectivity index (χ1n) is 3.54. The van der Waals surface area contributed by atoms with Gasteiger partial charge in [-0.05, 0) is 13.3 Å². The zero-order valence-electron chi connectivity index (χ0n) is 6.74. The highest BCUT2D eigenvalue weighted by Crippen LogP contribution is 2.14. The van der Waals surface area contributed by atoms with Gasteiger partial charge in [0.25, 0.3) is 0 Å². The van der Waals surface area contributed by atoms with E-state index >= 15 is 0 Å². The molecule has 2 unspecified atom stereocenters. The predicted octanol–water partition coefficient (Wildman–Crippen LogP) is 1.57. The zero-order valence-corrected chi connectivity index (χ0v) is 7.56. The smallest absolute Gasteiger partial charge is 0.162 e. The summed E-state index contributed by atoms with van der Waals surface area (Å²) in [7, 11) is 1.47. The number of allylic oxidation sites excluding steroid dienone is 3. The van der Waals surface area contributed by atoms with Crippen molar-refractivity contribution in [1.29, 1.82) is 0 Å². The molecule has 1 rings (SSSR count). The molecule has 2 nitrogen and oxygen atoms in total. The van der Waals surface area contributed by atoms with Crippen molar-refractivity contribution in [2.45, 2.75) is 18.6 Å². The van der Waals surface area contributed by atoms with Crippen molar-refractivity contribution in [2.24, 2.45) is 0 Å². The molecule has 0 aromatic heterocycles. The average molecular weight is 172 g/mol. The minimum Gasteiger partial charge on any atom is -0.293 e. The summed E-state index contributed by atoms with van der Waals surface area (Å²) >= 11 is -1.16. The van der Waals surface area contributed by atoms with E-state index in [9.17, 15) is 4.21 Å². The molecule has 1 aliphatic rings. The molecular weight excluding hydrogens is 160 g/mol. The van der Waals surface area contributed by atoms with Crippen LogP contribution in [-0.2, 0) is 15.3 Å². The molecule has 3 heteroatoms. The van der Waals surface area contributed by atoms with Crippen molar-refractivity contribution in [3.05, 3.63) is 23.8 Å². The monoisotopic (exact) mass is 172 g/mol. The van der Waals surface area contributed by atoms with Crippen LogP contribution in [0.25, 0.3) is 0 Å². The van der Waals surface area contributed by atoms with Gasteiger partial charge >= 0.3 is 0 Å². The van der Waals surface area contributed by atoms with E-state index in [2.05, 4.69) is 6.08 Å². The molecule has 1 aliphatic carbocycles. The molecule has 11 heavy (non-hydrogen) atoms. The minimum atomic E-state index is -1.16. The lowest BCUT2D eigenvalue weighted by molar-refractivity contribution is 0.441. The highest BCUT2D eigenvalue weighted by atomic mass is 32.2. The third-order valence-corrected chi connectivity index (χ3v) is 2.83. The van der Waals surface area contributed by atoms with Gasteiger partial charge in [0.1, 0.15) is 0 Å². The Morgan fingerprint density at radius 2 is 2.45 bits per heavy atom. The van der Waals surface area contributed by atoms with Crippen molar-refractivity contribution in [3.63, 3.8) is 0 Å². The Kier molecular flexibility index (Phi) is 3.02. The van der Waals surface area contributed by atoms with Crippen molar-refractivity contribution in [2.75, 3.05) is 7.11 Å². The van der Waals surface area contributed by atoms with E-state index in [0.717, 1.165) is 6.42 Å². The van der Waals surface area contributed by atoms with E-state index in [1.54, 1.807) is 0 Å². The van der Waals surface area contributed by atoms with Crippen LogP contribution in [0.5, 0.6) is 0 Å². The fourth-order valence-electron chi connectivity index (χ4n) is 0.974. The lowest BCUT2D eigenvalue weighted by atomic mass is 10.1. The summed E-state index contributed by atoms with van der Waals surface area (Å²) in [4.78, 5) is 0. The lowest BCUT2D eigenvalue weighted by Gasteiger charge is -2.11. The van der Waals surface area contributed by atoms with E-state index in [-0.39, 0.29) is 5.25 Å². The zero-order chi connectivity index (χ0) is 8.27. The Balaban J connectivity index is 2.55. The molecule has 0 spiro atoms. The minimum absolute atomic E-state index is 0.0451. The predicted molar refractivity (Wildman–Crippen MR) is 46.5 cm³/mol. The van der Waals surface area contributed by atoms with Gasteiger partial charge in [-0.1, -0.05) is 23.8 Å². The summed E-state index contributed by atoms with van der Waals surface area (Å²) in [6.07, 6.45) is 6.81. The molecule has 0 aromatic rings. The molecule has 0 N–H and O–H groups in total. The molecule has 0 aliphatic heterocycles. The van der Waals surface area contributed by atoms with Crippen LogP contribution in [0, 0.1) is 0 Å². The molecule has 0 bridgehead atoms. The maximum absolute atomic E-state index is 11.1. The van der Waals surface area contributed by atoms with Crippen LogP contribution < -0.4 is 0 Å². The SMILES string of the molecule is COS(=O)C1C=CC(C)=CC1. The van der Waals surface area contributed by atoms with Gasteiger partial charge in [-0.25, -0.2) is 4.21 Å². The van der Waals surface area contributed by atoms with E-state index in [4.69, 9.17) is 4.18 Å². The van der Waals surface area contributed by atoms with Crippen molar-refractivity contribution in [1.82, 2.24) is 0 Å². The van der Waals surface area contributed by atoms with Crippen LogP contribution in [0.1, 0.15) is 13.3 Å². The standard InChI is InChI=1S/C8H12O2S/c1-7-3-5-8(6-4-7)11(9)10-2/h3-5,8H,6H2,1-2H3. The molecule has 62 valence electrons. The van der Waals surface area contributed by atoms with E-state index < -0.39 is 11.1 Å². The molecule has 0 heterocycles. The van der Waals surface area contributed by atoms with Crippen LogP contribution in [-0.4, -0.2) is 16.6 Å². The summed E-state index contributed by atoms with van der Waals surface area (Å²) in [5.74, 6) is 0. The Hall–Kier alpha value is -0.410. The van der Waals surface area contributed by atoms with Gasteiger partial charge in [-0.3, -0.25) is 4.18 Å². The first-order valence-corrected chi connectivity index (χ1v) is 4.68. The van der Waals surface area contributed by atoms with Crippen molar-refractivity contribution >= 4 is 11.1 Å². The largest absolute Gasteiger partial charge is 0.293 e. The molecular formula is C8H12O2S. The Bertz CT molecular complexity index is 218. The summed E-state index contributed by atoms with van der Waals surface area (Å²) in [5.41, 5.74) is 1.23. The third kappa shape index (κ3) is 2.27. The summed E-state index contributed by atoms with van der Waals surface area (Å²) in [6, 6.07) is 0. The first kappa shape index (κ1) is 8.68. The van der Waals surface area contributed by atoms with Crippen LogP contribution in [0.4, 0.5) is 0 Å². The number of hydrogen-bond acceptors (Lipinski definition) is 2. The molecule has 0 aromatic carbocycles.